The van der Waals surface area contributed by atoms with E-state index in [9.17, 15) is 19.8 Å². The zero-order chi connectivity index (χ0) is 25.0. The summed E-state index contributed by atoms with van der Waals surface area (Å²) in [5, 5.41) is 20.3. The molecule has 6 rings (SSSR count). The second-order valence-corrected chi connectivity index (χ2v) is 10.2. The van der Waals surface area contributed by atoms with Crippen molar-refractivity contribution in [2.45, 2.75) is 50.9 Å². The van der Waals surface area contributed by atoms with Crippen LogP contribution in [0.4, 0.5) is 5.69 Å². The number of piperidine rings is 1. The molecule has 3 aromatic rings. The number of carboxylic acid groups (broad SMARTS) is 1. The number of aliphatic carboxylic acids is 1. The van der Waals surface area contributed by atoms with Crippen molar-refractivity contribution < 1.29 is 19.8 Å². The van der Waals surface area contributed by atoms with Gasteiger partial charge in [0.05, 0.1) is 18.1 Å². The maximum atomic E-state index is 13.5. The molecule has 4 heterocycles. The number of aliphatic hydroxyl groups excluding tert-OH is 1. The van der Waals surface area contributed by atoms with E-state index in [-0.39, 0.29) is 18.6 Å². The van der Waals surface area contributed by atoms with Gasteiger partial charge in [0, 0.05) is 53.7 Å². The number of aryl methyl sites for hydroxylation is 1. The number of amides is 1. The predicted octanol–water partition coefficient (Wildman–Crippen LogP) is 3.89. The van der Waals surface area contributed by atoms with Crippen LogP contribution in [0.25, 0.3) is 11.1 Å². The van der Waals surface area contributed by atoms with Gasteiger partial charge in [0.15, 0.2) is 6.04 Å². The summed E-state index contributed by atoms with van der Waals surface area (Å²) in [6.45, 7) is 2.59. The second-order valence-electron chi connectivity index (χ2n) is 9.80. The number of nitrogens with zero attached hydrogens (tertiary/aromatic N) is 4. The second kappa shape index (κ2) is 8.94. The molecule has 1 aromatic heterocycles. The fraction of sp³-hybridized carbons (Fsp3) is 0.370. The molecular formula is C27H27ClN4O4. The normalized spacial score (nSPS) is 18.4. The molecule has 0 bridgehead atoms. The summed E-state index contributed by atoms with van der Waals surface area (Å²) in [6.07, 6.45) is 4.68. The van der Waals surface area contributed by atoms with E-state index in [0.29, 0.717) is 21.8 Å². The highest BCUT2D eigenvalue weighted by molar-refractivity contribution is 6.32. The average Bonchev–Trinajstić information content (AvgIpc) is 3.57. The molecule has 186 valence electrons. The third-order valence-electron chi connectivity index (χ3n) is 7.64. The first-order chi connectivity index (χ1) is 17.4. The number of hydrogen-bond donors (Lipinski definition) is 2. The number of aromatic nitrogens is 2. The predicted molar refractivity (Wildman–Crippen MR) is 135 cm³/mol. The number of hydrogen-bond acceptors (Lipinski definition) is 5. The van der Waals surface area contributed by atoms with Crippen molar-refractivity contribution in [3.63, 3.8) is 0 Å². The van der Waals surface area contributed by atoms with Gasteiger partial charge in [0.1, 0.15) is 0 Å². The van der Waals surface area contributed by atoms with Crippen LogP contribution in [0.5, 0.6) is 0 Å². The number of anilines is 1. The van der Waals surface area contributed by atoms with Crippen LogP contribution >= 0.6 is 11.6 Å². The minimum atomic E-state index is -1.15. The molecule has 1 fully saturated rings. The summed E-state index contributed by atoms with van der Waals surface area (Å²) in [7, 11) is 0. The van der Waals surface area contributed by atoms with E-state index in [2.05, 4.69) is 9.88 Å². The van der Waals surface area contributed by atoms with Gasteiger partial charge in [0.25, 0.3) is 5.91 Å². The zero-order valence-corrected chi connectivity index (χ0v) is 20.5. The Hall–Kier alpha value is -3.36. The van der Waals surface area contributed by atoms with E-state index < -0.39 is 12.0 Å². The smallest absolute Gasteiger partial charge is 0.332 e. The Balaban J connectivity index is 1.28. The highest BCUT2D eigenvalue weighted by atomic mass is 35.5. The summed E-state index contributed by atoms with van der Waals surface area (Å²) < 4.78 is 1.97. The van der Waals surface area contributed by atoms with Gasteiger partial charge in [0.2, 0.25) is 0 Å². The van der Waals surface area contributed by atoms with E-state index in [4.69, 9.17) is 11.6 Å². The van der Waals surface area contributed by atoms with Gasteiger partial charge in [-0.15, -0.1) is 0 Å². The Morgan fingerprint density at radius 1 is 1.08 bits per heavy atom. The molecule has 0 saturated carbocycles. The lowest BCUT2D eigenvalue weighted by molar-refractivity contribution is -0.142. The van der Waals surface area contributed by atoms with E-state index in [1.807, 2.05) is 41.0 Å². The third-order valence-corrected chi connectivity index (χ3v) is 7.98. The van der Waals surface area contributed by atoms with E-state index in [1.54, 1.807) is 6.33 Å². The zero-order valence-electron chi connectivity index (χ0n) is 19.7. The standard InChI is InChI=1S/C27H27ClN4O4/c28-22-13-17(16-3-5-18(6-4-16)30-10-7-19(33)8-11-30)12-20-21(22)14-32(26(20)34)25(27(35)36)24-23-2-1-9-31(23)15-29-24/h3-6,12-13,15,19,25,33H,1-2,7-11,14H2,(H,35,36). The number of carbonyl (C=O) groups is 2. The first-order valence-corrected chi connectivity index (χ1v) is 12.7. The summed E-state index contributed by atoms with van der Waals surface area (Å²) in [4.78, 5) is 33.9. The third kappa shape index (κ3) is 3.85. The molecule has 1 amide bonds. The monoisotopic (exact) mass is 506 g/mol. The van der Waals surface area contributed by atoms with Crippen LogP contribution in [0.3, 0.4) is 0 Å². The minimum Gasteiger partial charge on any atom is -0.479 e. The Kier molecular flexibility index (Phi) is 5.73. The fourth-order valence-electron chi connectivity index (χ4n) is 5.68. The molecule has 1 saturated heterocycles. The Morgan fingerprint density at radius 3 is 2.56 bits per heavy atom. The van der Waals surface area contributed by atoms with E-state index >= 15 is 0 Å². The van der Waals surface area contributed by atoms with Gasteiger partial charge in [-0.3, -0.25) is 4.79 Å². The van der Waals surface area contributed by atoms with Crippen molar-refractivity contribution in [1.29, 1.82) is 0 Å². The van der Waals surface area contributed by atoms with Crippen LogP contribution in [0.15, 0.2) is 42.7 Å². The number of rotatable bonds is 5. The molecule has 3 aliphatic heterocycles. The Labute approximate surface area is 213 Å². The quantitative estimate of drug-likeness (QED) is 0.544. The molecule has 36 heavy (non-hydrogen) atoms. The van der Waals surface area contributed by atoms with Crippen LogP contribution in [0.2, 0.25) is 5.02 Å². The van der Waals surface area contributed by atoms with Gasteiger partial charge < -0.3 is 24.6 Å². The van der Waals surface area contributed by atoms with Gasteiger partial charge >= 0.3 is 5.97 Å². The molecule has 1 unspecified atom stereocenters. The van der Waals surface area contributed by atoms with Crippen LogP contribution in [-0.4, -0.2) is 55.7 Å². The maximum Gasteiger partial charge on any atom is 0.332 e. The Bertz CT molecular complexity index is 1340. The lowest BCUT2D eigenvalue weighted by Crippen LogP contribution is -2.35. The summed E-state index contributed by atoms with van der Waals surface area (Å²) in [5.41, 5.74) is 5.25. The molecule has 2 N–H and O–H groups in total. The van der Waals surface area contributed by atoms with Crippen molar-refractivity contribution in [2.24, 2.45) is 0 Å². The number of carbonyl (C=O) groups excluding carboxylic acids is 1. The lowest BCUT2D eigenvalue weighted by Gasteiger charge is -2.31. The van der Waals surface area contributed by atoms with Crippen LogP contribution in [0.1, 0.15) is 52.6 Å². The number of imidazole rings is 1. The van der Waals surface area contributed by atoms with Gasteiger partial charge in [-0.2, -0.15) is 0 Å². The largest absolute Gasteiger partial charge is 0.479 e. The average molecular weight is 507 g/mol. The number of fused-ring (bicyclic) bond motifs is 2. The first kappa shape index (κ1) is 23.1. The van der Waals surface area contributed by atoms with Gasteiger partial charge in [-0.25, -0.2) is 9.78 Å². The van der Waals surface area contributed by atoms with Crippen LogP contribution < -0.4 is 4.90 Å². The SMILES string of the molecule is O=C(O)C(c1ncn2c1CCC2)N1Cc2c(Cl)cc(-c3ccc(N4CCC(O)CC4)cc3)cc2C1=O. The highest BCUT2D eigenvalue weighted by Gasteiger charge is 2.41. The van der Waals surface area contributed by atoms with Crippen LogP contribution in [0, 0.1) is 0 Å². The molecule has 2 aromatic carbocycles. The summed E-state index contributed by atoms with van der Waals surface area (Å²) in [5.74, 6) is -1.44. The van der Waals surface area contributed by atoms with Gasteiger partial charge in [-0.05, 0) is 61.1 Å². The Morgan fingerprint density at radius 2 is 1.83 bits per heavy atom. The number of aliphatic hydroxyl groups is 1. The molecule has 1 atom stereocenters. The van der Waals surface area contributed by atoms with Crippen molar-refractivity contribution >= 4 is 29.2 Å². The van der Waals surface area contributed by atoms with Crippen LogP contribution in [-0.2, 0) is 24.3 Å². The topological polar surface area (TPSA) is 98.9 Å². The first-order valence-electron chi connectivity index (χ1n) is 12.3. The van der Waals surface area contributed by atoms with Gasteiger partial charge in [-0.1, -0.05) is 23.7 Å². The maximum absolute atomic E-state index is 13.5. The molecule has 9 heteroatoms. The van der Waals surface area contributed by atoms with Crippen molar-refractivity contribution in [3.8, 4) is 11.1 Å². The number of halogens is 1. The van der Waals surface area contributed by atoms with E-state index in [1.165, 1.54) is 4.90 Å². The van der Waals surface area contributed by atoms with E-state index in [0.717, 1.165) is 67.8 Å². The molecule has 3 aliphatic rings. The molecule has 0 aliphatic carbocycles. The minimum absolute atomic E-state index is 0.135. The molecule has 0 spiro atoms. The number of benzene rings is 2. The summed E-state index contributed by atoms with van der Waals surface area (Å²) >= 11 is 6.65. The fourth-order valence-corrected chi connectivity index (χ4v) is 5.96. The molecule has 8 nitrogen and oxygen atoms in total. The van der Waals surface area contributed by atoms with Crippen molar-refractivity contribution in [2.75, 3.05) is 18.0 Å². The highest BCUT2D eigenvalue weighted by Crippen LogP contribution is 2.39. The van der Waals surface area contributed by atoms with Crippen molar-refractivity contribution in [1.82, 2.24) is 14.5 Å². The number of carboxylic acids is 1. The molecule has 0 radical (unpaired) electrons. The summed E-state index contributed by atoms with van der Waals surface area (Å²) in [6, 6.07) is 10.6. The lowest BCUT2D eigenvalue weighted by atomic mass is 9.99. The molecular weight excluding hydrogens is 480 g/mol. The van der Waals surface area contributed by atoms with Crippen molar-refractivity contribution in [3.05, 3.63) is 70.3 Å².